The fraction of sp³-hybridized carbons (Fsp3) is 0.420. The van der Waals surface area contributed by atoms with Crippen molar-refractivity contribution in [3.63, 3.8) is 0 Å². The van der Waals surface area contributed by atoms with E-state index in [9.17, 15) is 4.79 Å². The number of nitrogens with two attached hydrogens (primary N) is 1. The van der Waals surface area contributed by atoms with Crippen LogP contribution in [0.15, 0.2) is 73.3 Å². The molecule has 6 aromatic heterocycles. The topological polar surface area (TPSA) is 161 Å². The van der Waals surface area contributed by atoms with Crippen molar-refractivity contribution in [2.45, 2.75) is 97.6 Å². The maximum Gasteiger partial charge on any atom is 0.312 e. The van der Waals surface area contributed by atoms with Gasteiger partial charge in [0.05, 0.1) is 50.1 Å². The van der Waals surface area contributed by atoms with Crippen molar-refractivity contribution in [2.24, 2.45) is 14.1 Å². The minimum Gasteiger partial charge on any atom is -0.497 e. The summed E-state index contributed by atoms with van der Waals surface area (Å²) in [6, 6.07) is 18.4. The van der Waals surface area contributed by atoms with Crippen molar-refractivity contribution in [3.8, 4) is 34.0 Å². The monoisotopic (exact) mass is 945 g/mol. The van der Waals surface area contributed by atoms with Gasteiger partial charge >= 0.3 is 5.97 Å². The molecule has 0 amide bonds. The maximum absolute atomic E-state index is 12.4. The van der Waals surface area contributed by atoms with E-state index in [1.54, 1.807) is 26.6 Å². The van der Waals surface area contributed by atoms with E-state index in [0.29, 0.717) is 37.1 Å². The zero-order valence-electron chi connectivity index (χ0n) is 41.5. The van der Waals surface area contributed by atoms with E-state index in [0.717, 1.165) is 91.3 Å². The molecule has 15 nitrogen and oxygen atoms in total. The van der Waals surface area contributed by atoms with Crippen LogP contribution in [-0.4, -0.2) is 93.4 Å². The van der Waals surface area contributed by atoms with E-state index >= 15 is 0 Å². The number of hydrogen-bond acceptors (Lipinski definition) is 11. The van der Waals surface area contributed by atoms with Crippen molar-refractivity contribution in [3.05, 3.63) is 79.0 Å². The number of benzene rings is 2. The number of esters is 1. The minimum atomic E-state index is -1.22. The lowest BCUT2D eigenvalue weighted by molar-refractivity contribution is -0.154. The van der Waals surface area contributed by atoms with Crippen LogP contribution in [0.25, 0.3) is 66.6 Å². The molecule has 0 atom stereocenters. The quantitative estimate of drug-likeness (QED) is 0.0558. The molecular formula is C50H67N9O6Si2. The number of fused-ring (bicyclic) bond motifs is 4. The molecule has 0 aliphatic rings. The first kappa shape index (κ1) is 48.9. The molecule has 0 saturated heterocycles. The Bertz CT molecular complexity index is 3040. The Balaban J connectivity index is 0.000000203. The van der Waals surface area contributed by atoms with Crippen molar-refractivity contribution >= 4 is 72.1 Å². The van der Waals surface area contributed by atoms with Gasteiger partial charge in [-0.2, -0.15) is 0 Å². The van der Waals surface area contributed by atoms with Crippen LogP contribution in [0.5, 0.6) is 11.5 Å². The summed E-state index contributed by atoms with van der Waals surface area (Å²) in [6.45, 7) is 21.9. The highest BCUT2D eigenvalue weighted by Crippen LogP contribution is 2.37. The van der Waals surface area contributed by atoms with Crippen LogP contribution in [0.1, 0.15) is 26.5 Å². The largest absolute Gasteiger partial charge is 0.497 e. The summed E-state index contributed by atoms with van der Waals surface area (Å²) >= 11 is 0. The highest BCUT2D eigenvalue weighted by molar-refractivity contribution is 6.76. The lowest BCUT2D eigenvalue weighted by atomic mass is 10.1. The van der Waals surface area contributed by atoms with Crippen molar-refractivity contribution in [1.82, 2.24) is 38.2 Å². The summed E-state index contributed by atoms with van der Waals surface area (Å²) in [5.74, 6) is 1.71. The molecule has 0 spiro atoms. The number of rotatable bonds is 16. The third-order valence-electron chi connectivity index (χ3n) is 11.4. The normalized spacial score (nSPS) is 12.3. The third kappa shape index (κ3) is 11.8. The van der Waals surface area contributed by atoms with Gasteiger partial charge < -0.3 is 38.6 Å². The number of nitrogens with zero attached hydrogens (tertiary/aromatic N) is 8. The van der Waals surface area contributed by atoms with E-state index in [1.165, 1.54) is 0 Å². The van der Waals surface area contributed by atoms with Gasteiger partial charge in [-0.05, 0) is 81.4 Å². The van der Waals surface area contributed by atoms with Gasteiger partial charge in [-0.25, -0.2) is 19.9 Å². The van der Waals surface area contributed by atoms with Crippen LogP contribution in [-0.2, 0) is 53.0 Å². The van der Waals surface area contributed by atoms with Crippen molar-refractivity contribution < 1.29 is 28.5 Å². The van der Waals surface area contributed by atoms with E-state index in [2.05, 4.69) is 98.1 Å². The van der Waals surface area contributed by atoms with E-state index in [-0.39, 0.29) is 12.4 Å². The Morgan fingerprint density at radius 2 is 1.13 bits per heavy atom. The smallest absolute Gasteiger partial charge is 0.312 e. The summed E-state index contributed by atoms with van der Waals surface area (Å²) in [5, 5.41) is 2.18. The molecule has 2 aromatic carbocycles. The predicted molar refractivity (Wildman–Crippen MR) is 274 cm³/mol. The molecule has 17 heteroatoms. The van der Waals surface area contributed by atoms with Gasteiger partial charge in [0, 0.05) is 88.8 Å². The van der Waals surface area contributed by atoms with E-state index in [4.69, 9.17) is 39.4 Å². The molecule has 2 N–H and O–H groups in total. The van der Waals surface area contributed by atoms with Crippen LogP contribution in [0.4, 0.5) is 5.82 Å². The van der Waals surface area contributed by atoms with Gasteiger partial charge in [0.25, 0.3) is 0 Å². The SMILES string of the molecule is COc1ccc2c(c1)c(-c1cc3nc(CC(=O)OC(C)(C)C)cnc3n1COCC[Si](C)(C)C)cn2C.COc1ccc2c(c1)c(-c1cc3nc(N)cnc3n1COCC[Si](C)(C)C)cn2C. The number of methoxy groups -OCH3 is 2. The number of carbonyl (C=O) groups excluding carboxylic acids is 1. The van der Waals surface area contributed by atoms with Gasteiger partial charge in [0.15, 0.2) is 11.3 Å². The molecule has 67 heavy (non-hydrogen) atoms. The lowest BCUT2D eigenvalue weighted by Crippen LogP contribution is -2.25. The summed E-state index contributed by atoms with van der Waals surface area (Å²) in [7, 11) is 5.06. The Morgan fingerprint density at radius 1 is 0.672 bits per heavy atom. The first-order valence-electron chi connectivity index (χ1n) is 22.7. The molecule has 6 heterocycles. The Labute approximate surface area is 395 Å². The number of nitrogen functional groups attached to an aromatic ring is 1. The highest BCUT2D eigenvalue weighted by atomic mass is 28.3. The van der Waals surface area contributed by atoms with Gasteiger partial charge in [0.2, 0.25) is 0 Å². The van der Waals surface area contributed by atoms with Crippen molar-refractivity contribution in [1.29, 1.82) is 0 Å². The molecule has 0 aliphatic heterocycles. The molecule has 0 fully saturated rings. The van der Waals surface area contributed by atoms with Gasteiger partial charge in [-0.3, -0.25) is 13.9 Å². The lowest BCUT2D eigenvalue weighted by Gasteiger charge is -2.19. The standard InChI is InChI=1S/C28H38N4O4Si.C22H29N5O2Si/c1-28(2,3)36-26(33)13-19-16-29-27-23(30-19)15-25(32(27)18-35-11-12-37(6,7)8)22-17-31(4)24-10-9-20(34-5)14-21(22)24;1-26-13-17(16-10-15(28-2)6-7-19(16)26)20-11-18-22(24-12-21(23)25-18)27(20)14-29-8-9-30(3,4)5/h9-10,14-17H,11-13,18H2,1-8H3;6-7,10-13H,8-9,14H2,1-5H3,(H2,23,25). The maximum atomic E-state index is 12.4. The van der Waals surface area contributed by atoms with E-state index in [1.807, 2.05) is 65.2 Å². The fourth-order valence-corrected chi connectivity index (χ4v) is 9.40. The summed E-state index contributed by atoms with van der Waals surface area (Å²) < 4.78 is 37.1. The highest BCUT2D eigenvalue weighted by Gasteiger charge is 2.23. The molecule has 8 aromatic rings. The van der Waals surface area contributed by atoms with Crippen LogP contribution >= 0.6 is 0 Å². The molecule has 0 bridgehead atoms. The molecule has 0 saturated carbocycles. The molecule has 8 rings (SSSR count). The Kier molecular flexibility index (Phi) is 14.4. The summed E-state index contributed by atoms with van der Waals surface area (Å²) in [5.41, 5.74) is 15.2. The fourth-order valence-electron chi connectivity index (χ4n) is 7.89. The summed E-state index contributed by atoms with van der Waals surface area (Å²) in [6.07, 6.45) is 7.55. The second-order valence-corrected chi connectivity index (χ2v) is 31.8. The molecular weight excluding hydrogens is 879 g/mol. The zero-order valence-corrected chi connectivity index (χ0v) is 43.5. The predicted octanol–water partition coefficient (Wildman–Crippen LogP) is 10.3. The van der Waals surface area contributed by atoms with Crippen LogP contribution in [0.3, 0.4) is 0 Å². The summed E-state index contributed by atoms with van der Waals surface area (Å²) in [4.78, 5) is 30.9. The van der Waals surface area contributed by atoms with Gasteiger partial charge in [0.1, 0.15) is 47.4 Å². The van der Waals surface area contributed by atoms with Crippen molar-refractivity contribution in [2.75, 3.05) is 33.2 Å². The molecule has 356 valence electrons. The number of aryl methyl sites for hydroxylation is 2. The average molecular weight is 946 g/mol. The number of aromatic nitrogens is 8. The number of carbonyl (C=O) groups is 1. The Morgan fingerprint density at radius 3 is 1.58 bits per heavy atom. The number of hydrogen-bond donors (Lipinski definition) is 1. The van der Waals surface area contributed by atoms with Gasteiger partial charge in [-0.1, -0.05) is 39.3 Å². The van der Waals surface area contributed by atoms with Gasteiger partial charge in [-0.15, -0.1) is 0 Å². The van der Waals surface area contributed by atoms with Crippen LogP contribution < -0.4 is 15.2 Å². The third-order valence-corrected chi connectivity index (χ3v) is 14.8. The first-order chi connectivity index (χ1) is 31.6. The number of anilines is 1. The van der Waals surface area contributed by atoms with Crippen LogP contribution in [0, 0.1) is 0 Å². The second-order valence-electron chi connectivity index (χ2n) is 20.5. The molecule has 0 unspecified atom stereocenters. The molecule has 0 aliphatic carbocycles. The second kappa shape index (κ2) is 19.7. The average Bonchev–Trinajstić information content (AvgIpc) is 3.98. The Hall–Kier alpha value is -6.02. The van der Waals surface area contributed by atoms with Crippen LogP contribution in [0.2, 0.25) is 51.4 Å². The zero-order chi connectivity index (χ0) is 48.4. The first-order valence-corrected chi connectivity index (χ1v) is 30.1. The minimum absolute atomic E-state index is 0.0684. The molecule has 0 radical (unpaired) electrons. The number of ether oxygens (including phenoxy) is 5. The van der Waals surface area contributed by atoms with E-state index < -0.39 is 21.7 Å².